The van der Waals surface area contributed by atoms with Crippen molar-refractivity contribution in [2.45, 2.75) is 26.7 Å². The normalized spacial score (nSPS) is 14.4. The van der Waals surface area contributed by atoms with Gasteiger partial charge in [0.1, 0.15) is 11.6 Å². The molecule has 2 heterocycles. The van der Waals surface area contributed by atoms with Gasteiger partial charge in [-0.3, -0.25) is 4.79 Å². The first-order valence-corrected chi connectivity index (χ1v) is 8.88. The number of hydrogen-bond donors (Lipinski definition) is 0. The Balaban J connectivity index is 1.67. The minimum absolute atomic E-state index is 0.0101. The smallest absolute Gasteiger partial charge is 0.253 e. The van der Waals surface area contributed by atoms with Gasteiger partial charge in [-0.25, -0.2) is 9.97 Å². The van der Waals surface area contributed by atoms with Crippen LogP contribution in [0.2, 0.25) is 0 Å². The monoisotopic (exact) mass is 349 g/mol. The summed E-state index contributed by atoms with van der Waals surface area (Å²) >= 11 is 0. The summed E-state index contributed by atoms with van der Waals surface area (Å²) in [5.41, 5.74) is 2.15. The van der Waals surface area contributed by atoms with Crippen molar-refractivity contribution >= 4 is 11.7 Å². The molecule has 0 bridgehead atoms. The van der Waals surface area contributed by atoms with Crippen LogP contribution in [0.15, 0.2) is 30.3 Å². The van der Waals surface area contributed by atoms with Crippen LogP contribution >= 0.6 is 0 Å². The van der Waals surface area contributed by atoms with E-state index in [4.69, 9.17) is 5.26 Å². The Morgan fingerprint density at radius 3 is 2.35 bits per heavy atom. The second kappa shape index (κ2) is 7.52. The van der Waals surface area contributed by atoms with Crippen LogP contribution in [0.25, 0.3) is 0 Å². The van der Waals surface area contributed by atoms with E-state index in [1.54, 1.807) is 24.3 Å². The van der Waals surface area contributed by atoms with Crippen LogP contribution in [-0.2, 0) is 0 Å². The quantitative estimate of drug-likeness (QED) is 0.852. The standard InChI is InChI=1S/C20H23N5O/c1-14(2)19-22-15(3)12-18(23-19)24-8-10-25(11-9-24)20(26)17-6-4-16(13-21)5-7-17/h4-7,12,14H,8-11H2,1-3H3. The highest BCUT2D eigenvalue weighted by Crippen LogP contribution is 2.19. The van der Waals surface area contributed by atoms with Crippen molar-refractivity contribution in [3.8, 4) is 6.07 Å². The van der Waals surface area contributed by atoms with Crippen LogP contribution < -0.4 is 4.90 Å². The fourth-order valence-corrected chi connectivity index (χ4v) is 3.00. The number of carbonyl (C=O) groups excluding carboxylic acids is 1. The maximum absolute atomic E-state index is 12.6. The fraction of sp³-hybridized carbons (Fsp3) is 0.400. The van der Waals surface area contributed by atoms with Crippen LogP contribution in [0.1, 0.15) is 47.2 Å². The van der Waals surface area contributed by atoms with Gasteiger partial charge in [-0.1, -0.05) is 13.8 Å². The molecule has 1 aromatic heterocycles. The Labute approximate surface area is 154 Å². The summed E-state index contributed by atoms with van der Waals surface area (Å²) in [5, 5.41) is 8.87. The number of rotatable bonds is 3. The van der Waals surface area contributed by atoms with E-state index >= 15 is 0 Å². The first kappa shape index (κ1) is 17.9. The lowest BCUT2D eigenvalue weighted by molar-refractivity contribution is 0.0746. The lowest BCUT2D eigenvalue weighted by atomic mass is 10.1. The predicted octanol–water partition coefficient (Wildman–Crippen LogP) is 2.74. The third-order valence-electron chi connectivity index (χ3n) is 4.53. The van der Waals surface area contributed by atoms with E-state index in [-0.39, 0.29) is 11.8 Å². The minimum atomic E-state index is 0.0101. The number of aryl methyl sites for hydroxylation is 1. The van der Waals surface area contributed by atoms with E-state index in [2.05, 4.69) is 34.8 Å². The number of carbonyl (C=O) groups is 1. The molecule has 0 radical (unpaired) electrons. The average molecular weight is 349 g/mol. The summed E-state index contributed by atoms with van der Waals surface area (Å²) in [6.45, 7) is 8.96. The highest BCUT2D eigenvalue weighted by molar-refractivity contribution is 5.94. The van der Waals surface area contributed by atoms with Crippen LogP contribution in [0.3, 0.4) is 0 Å². The number of amides is 1. The maximum atomic E-state index is 12.6. The van der Waals surface area contributed by atoms with Crippen molar-refractivity contribution in [1.29, 1.82) is 5.26 Å². The average Bonchev–Trinajstić information content (AvgIpc) is 2.67. The Kier molecular flexibility index (Phi) is 5.17. The summed E-state index contributed by atoms with van der Waals surface area (Å²) in [5.74, 6) is 2.09. The number of benzene rings is 1. The largest absolute Gasteiger partial charge is 0.353 e. The molecule has 26 heavy (non-hydrogen) atoms. The third kappa shape index (κ3) is 3.83. The summed E-state index contributed by atoms with van der Waals surface area (Å²) in [7, 11) is 0. The molecule has 1 saturated heterocycles. The van der Waals surface area contributed by atoms with Gasteiger partial charge >= 0.3 is 0 Å². The van der Waals surface area contributed by atoms with Crippen LogP contribution in [0, 0.1) is 18.3 Å². The number of hydrogen-bond acceptors (Lipinski definition) is 5. The summed E-state index contributed by atoms with van der Waals surface area (Å²) in [4.78, 5) is 25.9. The van der Waals surface area contributed by atoms with Gasteiger partial charge in [-0.15, -0.1) is 0 Å². The molecule has 0 unspecified atom stereocenters. The number of piperazine rings is 1. The molecule has 3 rings (SSSR count). The molecule has 6 nitrogen and oxygen atoms in total. The van der Waals surface area contributed by atoms with Gasteiger partial charge in [-0.2, -0.15) is 5.26 Å². The van der Waals surface area contributed by atoms with Crippen LogP contribution in [0.5, 0.6) is 0 Å². The number of nitrogens with zero attached hydrogens (tertiary/aromatic N) is 5. The van der Waals surface area contributed by atoms with Gasteiger partial charge < -0.3 is 9.80 Å². The highest BCUT2D eigenvalue weighted by atomic mass is 16.2. The van der Waals surface area contributed by atoms with E-state index in [1.807, 2.05) is 17.9 Å². The second-order valence-corrected chi connectivity index (χ2v) is 6.85. The molecule has 1 aliphatic rings. The van der Waals surface area contributed by atoms with Gasteiger partial charge in [0.15, 0.2) is 0 Å². The molecule has 0 N–H and O–H groups in total. The molecule has 1 fully saturated rings. The zero-order valence-corrected chi connectivity index (χ0v) is 15.4. The number of nitriles is 1. The van der Waals surface area contributed by atoms with Crippen molar-refractivity contribution < 1.29 is 4.79 Å². The van der Waals surface area contributed by atoms with E-state index in [1.165, 1.54) is 0 Å². The Morgan fingerprint density at radius 2 is 1.77 bits per heavy atom. The van der Waals surface area contributed by atoms with Crippen molar-refractivity contribution in [3.05, 3.63) is 53.0 Å². The van der Waals surface area contributed by atoms with Gasteiger partial charge in [-0.05, 0) is 31.2 Å². The van der Waals surface area contributed by atoms with E-state index in [0.717, 1.165) is 30.4 Å². The molecule has 134 valence electrons. The molecule has 2 aromatic rings. The Hall–Kier alpha value is -2.94. The molecule has 0 spiro atoms. The highest BCUT2D eigenvalue weighted by Gasteiger charge is 2.23. The SMILES string of the molecule is Cc1cc(N2CCN(C(=O)c3ccc(C#N)cc3)CC2)nc(C(C)C)n1. The molecule has 0 saturated carbocycles. The second-order valence-electron chi connectivity index (χ2n) is 6.85. The van der Waals surface area contributed by atoms with E-state index in [9.17, 15) is 4.79 Å². The van der Waals surface area contributed by atoms with Crippen molar-refractivity contribution in [2.24, 2.45) is 0 Å². The zero-order valence-electron chi connectivity index (χ0n) is 15.4. The molecule has 1 aromatic carbocycles. The van der Waals surface area contributed by atoms with Crippen molar-refractivity contribution in [1.82, 2.24) is 14.9 Å². The molecule has 6 heteroatoms. The first-order chi connectivity index (χ1) is 12.5. The molecule has 0 atom stereocenters. The summed E-state index contributed by atoms with van der Waals surface area (Å²) in [6, 6.07) is 10.9. The minimum Gasteiger partial charge on any atom is -0.353 e. The molecule has 1 aliphatic heterocycles. The summed E-state index contributed by atoms with van der Waals surface area (Å²) in [6.07, 6.45) is 0. The molecular formula is C20H23N5O. The summed E-state index contributed by atoms with van der Waals surface area (Å²) < 4.78 is 0. The topological polar surface area (TPSA) is 73.1 Å². The van der Waals surface area contributed by atoms with Crippen LogP contribution in [0.4, 0.5) is 5.82 Å². The number of anilines is 1. The number of aromatic nitrogens is 2. The van der Waals surface area contributed by atoms with Gasteiger partial charge in [0.2, 0.25) is 0 Å². The fourth-order valence-electron chi connectivity index (χ4n) is 3.00. The van der Waals surface area contributed by atoms with E-state index in [0.29, 0.717) is 24.2 Å². The molecule has 1 amide bonds. The first-order valence-electron chi connectivity index (χ1n) is 8.88. The predicted molar refractivity (Wildman–Crippen MR) is 100 cm³/mol. The lowest BCUT2D eigenvalue weighted by Crippen LogP contribution is -2.49. The Bertz CT molecular complexity index is 830. The zero-order chi connectivity index (χ0) is 18.7. The maximum Gasteiger partial charge on any atom is 0.253 e. The van der Waals surface area contributed by atoms with Gasteiger partial charge in [0.05, 0.1) is 11.6 Å². The van der Waals surface area contributed by atoms with Gasteiger partial charge in [0, 0.05) is 49.4 Å². The van der Waals surface area contributed by atoms with E-state index < -0.39 is 0 Å². The van der Waals surface area contributed by atoms with Gasteiger partial charge in [0.25, 0.3) is 5.91 Å². The lowest BCUT2D eigenvalue weighted by Gasteiger charge is -2.35. The molecule has 0 aliphatic carbocycles. The Morgan fingerprint density at radius 1 is 1.12 bits per heavy atom. The van der Waals surface area contributed by atoms with Crippen LogP contribution in [-0.4, -0.2) is 47.0 Å². The van der Waals surface area contributed by atoms with Crippen molar-refractivity contribution in [3.63, 3.8) is 0 Å². The molecular weight excluding hydrogens is 326 g/mol. The van der Waals surface area contributed by atoms with Crippen molar-refractivity contribution in [2.75, 3.05) is 31.1 Å². The third-order valence-corrected chi connectivity index (χ3v) is 4.53.